The molecule has 0 spiro atoms. The van der Waals surface area contributed by atoms with Gasteiger partial charge in [-0.2, -0.15) is 0 Å². The second-order valence-corrected chi connectivity index (χ2v) is 5.03. The minimum atomic E-state index is 0.296. The fourth-order valence-corrected chi connectivity index (χ4v) is 2.20. The van der Waals surface area contributed by atoms with Gasteiger partial charge in [-0.3, -0.25) is 0 Å². The minimum Gasteiger partial charge on any atom is -0.396 e. The maximum absolute atomic E-state index is 8.68. The monoisotopic (exact) mass is 213 g/mol. The summed E-state index contributed by atoms with van der Waals surface area (Å²) < 4.78 is 0. The molecule has 1 atom stereocenters. The average molecular weight is 213 g/mol. The Morgan fingerprint density at radius 3 is 2.86 bits per heavy atom. The van der Waals surface area contributed by atoms with Gasteiger partial charge in [0.1, 0.15) is 0 Å². The molecule has 0 radical (unpaired) electrons. The molecule has 1 aromatic rings. The van der Waals surface area contributed by atoms with E-state index in [1.54, 1.807) is 0 Å². The number of aryl methyl sites for hydroxylation is 1. The molecule has 14 heavy (non-hydrogen) atoms. The van der Waals surface area contributed by atoms with E-state index in [2.05, 4.69) is 31.3 Å². The van der Waals surface area contributed by atoms with Crippen LogP contribution in [0.1, 0.15) is 29.5 Å². The van der Waals surface area contributed by atoms with Crippen molar-refractivity contribution in [2.75, 3.05) is 6.61 Å². The molecule has 0 aliphatic carbocycles. The minimum absolute atomic E-state index is 0.296. The van der Waals surface area contributed by atoms with Crippen LogP contribution in [0, 0.1) is 6.92 Å². The van der Waals surface area contributed by atoms with E-state index in [9.17, 15) is 0 Å². The molecule has 0 fully saturated rings. The van der Waals surface area contributed by atoms with Crippen LogP contribution in [0.4, 0.5) is 0 Å². The summed E-state index contributed by atoms with van der Waals surface area (Å²) >= 11 is 1.84. The summed E-state index contributed by atoms with van der Waals surface area (Å²) in [5.41, 5.74) is 0. The number of aliphatic hydroxyl groups excluding tert-OH is 1. The molecule has 0 aliphatic rings. The molecule has 1 unspecified atom stereocenters. The van der Waals surface area contributed by atoms with Gasteiger partial charge < -0.3 is 10.4 Å². The standard InChI is InChI=1S/C11H19NOS/c1-9(4-3-7-13)12-8-11-6-5-10(2)14-11/h5-6,9,12-13H,3-4,7-8H2,1-2H3. The SMILES string of the molecule is Cc1ccc(CNC(C)CCCO)s1. The van der Waals surface area contributed by atoms with Crippen LogP contribution in [-0.2, 0) is 6.54 Å². The highest BCUT2D eigenvalue weighted by Gasteiger charge is 2.01. The summed E-state index contributed by atoms with van der Waals surface area (Å²) in [4.78, 5) is 2.75. The zero-order valence-electron chi connectivity index (χ0n) is 8.92. The number of hydrogen-bond donors (Lipinski definition) is 2. The van der Waals surface area contributed by atoms with Crippen molar-refractivity contribution in [3.05, 3.63) is 21.9 Å². The van der Waals surface area contributed by atoms with Gasteiger partial charge in [0, 0.05) is 28.9 Å². The van der Waals surface area contributed by atoms with Crippen molar-refractivity contribution in [1.29, 1.82) is 0 Å². The Morgan fingerprint density at radius 1 is 1.50 bits per heavy atom. The van der Waals surface area contributed by atoms with Gasteiger partial charge in [-0.15, -0.1) is 11.3 Å². The summed E-state index contributed by atoms with van der Waals surface area (Å²) in [5, 5.41) is 12.1. The van der Waals surface area contributed by atoms with Crippen molar-refractivity contribution >= 4 is 11.3 Å². The highest BCUT2D eigenvalue weighted by molar-refractivity contribution is 7.11. The third-order valence-corrected chi connectivity index (χ3v) is 3.22. The van der Waals surface area contributed by atoms with E-state index in [1.165, 1.54) is 9.75 Å². The summed E-state index contributed by atoms with van der Waals surface area (Å²) in [6.07, 6.45) is 1.93. The van der Waals surface area contributed by atoms with Crippen molar-refractivity contribution in [1.82, 2.24) is 5.32 Å². The smallest absolute Gasteiger partial charge is 0.0431 e. The van der Waals surface area contributed by atoms with E-state index in [1.807, 2.05) is 11.3 Å². The van der Waals surface area contributed by atoms with Crippen molar-refractivity contribution < 1.29 is 5.11 Å². The molecule has 80 valence electrons. The van der Waals surface area contributed by atoms with Gasteiger partial charge in [-0.05, 0) is 38.8 Å². The molecule has 2 nitrogen and oxygen atoms in total. The zero-order chi connectivity index (χ0) is 10.4. The van der Waals surface area contributed by atoms with Crippen molar-refractivity contribution in [3.8, 4) is 0 Å². The van der Waals surface area contributed by atoms with Gasteiger partial charge in [-0.25, -0.2) is 0 Å². The molecule has 0 saturated heterocycles. The first-order valence-corrected chi connectivity index (χ1v) is 5.93. The third-order valence-electron chi connectivity index (χ3n) is 2.22. The quantitative estimate of drug-likeness (QED) is 0.760. The molecule has 0 bridgehead atoms. The van der Waals surface area contributed by atoms with Crippen molar-refractivity contribution in [3.63, 3.8) is 0 Å². The van der Waals surface area contributed by atoms with Crippen molar-refractivity contribution in [2.24, 2.45) is 0 Å². The Labute approximate surface area is 90.0 Å². The van der Waals surface area contributed by atoms with E-state index in [-0.39, 0.29) is 0 Å². The van der Waals surface area contributed by atoms with Gasteiger partial charge in [-0.1, -0.05) is 0 Å². The first-order chi connectivity index (χ1) is 6.72. The molecule has 1 heterocycles. The molecule has 0 aliphatic heterocycles. The highest BCUT2D eigenvalue weighted by Crippen LogP contribution is 2.14. The molecule has 0 saturated carbocycles. The number of thiophene rings is 1. The van der Waals surface area contributed by atoms with Crippen LogP contribution in [0.25, 0.3) is 0 Å². The number of rotatable bonds is 6. The zero-order valence-corrected chi connectivity index (χ0v) is 9.73. The summed E-state index contributed by atoms with van der Waals surface area (Å²) in [7, 11) is 0. The Morgan fingerprint density at radius 2 is 2.29 bits per heavy atom. The van der Waals surface area contributed by atoms with Crippen LogP contribution in [0.5, 0.6) is 0 Å². The van der Waals surface area contributed by atoms with E-state index < -0.39 is 0 Å². The first kappa shape index (κ1) is 11.7. The average Bonchev–Trinajstić information content (AvgIpc) is 2.58. The molecular formula is C11H19NOS. The highest BCUT2D eigenvalue weighted by atomic mass is 32.1. The number of hydrogen-bond acceptors (Lipinski definition) is 3. The summed E-state index contributed by atoms with van der Waals surface area (Å²) in [6.45, 7) is 5.54. The van der Waals surface area contributed by atoms with E-state index in [4.69, 9.17) is 5.11 Å². The molecular weight excluding hydrogens is 194 g/mol. The molecule has 1 aromatic heterocycles. The normalized spacial score (nSPS) is 13.1. The molecule has 0 amide bonds. The van der Waals surface area contributed by atoms with Gasteiger partial charge in [0.05, 0.1) is 0 Å². The number of aliphatic hydroxyl groups is 1. The Kier molecular flexibility index (Phi) is 5.15. The third kappa shape index (κ3) is 4.22. The van der Waals surface area contributed by atoms with Gasteiger partial charge in [0.25, 0.3) is 0 Å². The molecule has 0 aromatic carbocycles. The Bertz CT molecular complexity index is 260. The second-order valence-electron chi connectivity index (χ2n) is 3.66. The maximum Gasteiger partial charge on any atom is 0.0431 e. The molecule has 2 N–H and O–H groups in total. The lowest BCUT2D eigenvalue weighted by molar-refractivity contribution is 0.276. The molecule has 3 heteroatoms. The van der Waals surface area contributed by atoms with Crippen LogP contribution in [0.2, 0.25) is 0 Å². The van der Waals surface area contributed by atoms with Crippen LogP contribution in [0.15, 0.2) is 12.1 Å². The first-order valence-electron chi connectivity index (χ1n) is 5.12. The lowest BCUT2D eigenvalue weighted by Crippen LogP contribution is -2.25. The van der Waals surface area contributed by atoms with E-state index in [0.717, 1.165) is 19.4 Å². The molecule has 1 rings (SSSR count). The van der Waals surface area contributed by atoms with Gasteiger partial charge in [0.15, 0.2) is 0 Å². The van der Waals surface area contributed by atoms with Crippen LogP contribution >= 0.6 is 11.3 Å². The van der Waals surface area contributed by atoms with Gasteiger partial charge in [0.2, 0.25) is 0 Å². The Balaban J connectivity index is 2.20. The predicted molar refractivity (Wildman–Crippen MR) is 61.7 cm³/mol. The summed E-state index contributed by atoms with van der Waals surface area (Å²) in [6, 6.07) is 4.82. The lowest BCUT2D eigenvalue weighted by Gasteiger charge is -2.11. The summed E-state index contributed by atoms with van der Waals surface area (Å²) in [5.74, 6) is 0. The fraction of sp³-hybridized carbons (Fsp3) is 0.636. The van der Waals surface area contributed by atoms with E-state index >= 15 is 0 Å². The van der Waals surface area contributed by atoms with Crippen molar-refractivity contribution in [2.45, 2.75) is 39.3 Å². The maximum atomic E-state index is 8.68. The number of nitrogens with one attached hydrogen (secondary N) is 1. The largest absolute Gasteiger partial charge is 0.396 e. The Hall–Kier alpha value is -0.380. The fourth-order valence-electron chi connectivity index (χ4n) is 1.35. The second kappa shape index (κ2) is 6.17. The van der Waals surface area contributed by atoms with Gasteiger partial charge >= 0.3 is 0 Å². The topological polar surface area (TPSA) is 32.3 Å². The lowest BCUT2D eigenvalue weighted by atomic mass is 10.2. The van der Waals surface area contributed by atoms with Crippen LogP contribution < -0.4 is 5.32 Å². The van der Waals surface area contributed by atoms with Crippen LogP contribution in [-0.4, -0.2) is 17.8 Å². The predicted octanol–water partition coefficient (Wildman–Crippen LogP) is 2.31. The van der Waals surface area contributed by atoms with E-state index in [0.29, 0.717) is 12.6 Å². The van der Waals surface area contributed by atoms with Crippen LogP contribution in [0.3, 0.4) is 0 Å².